The van der Waals surface area contributed by atoms with Crippen LogP contribution in [0.4, 0.5) is 4.39 Å². The zero-order chi connectivity index (χ0) is 9.84. The molecule has 1 aromatic rings. The second-order valence-corrected chi connectivity index (χ2v) is 2.75. The molecule has 5 heteroatoms. The Balaban J connectivity index is 2.67. The predicted octanol–water partition coefficient (Wildman–Crippen LogP) is 0.907. The van der Waals surface area contributed by atoms with Crippen LogP contribution >= 0.6 is 0 Å². The lowest BCUT2D eigenvalue weighted by Gasteiger charge is -2.01. The molecule has 0 saturated heterocycles. The fourth-order valence-corrected chi connectivity index (χ4v) is 1.08. The van der Waals surface area contributed by atoms with Gasteiger partial charge in [-0.1, -0.05) is 0 Å². The van der Waals surface area contributed by atoms with E-state index in [-0.39, 0.29) is 6.42 Å². The van der Waals surface area contributed by atoms with E-state index >= 15 is 0 Å². The van der Waals surface area contributed by atoms with Gasteiger partial charge in [0.25, 0.3) is 0 Å². The van der Waals surface area contributed by atoms with Gasteiger partial charge < -0.3 is 9.67 Å². The largest absolute Gasteiger partial charge is 0.481 e. The third-order valence-corrected chi connectivity index (χ3v) is 1.90. The number of carbonyl (C=O) groups is 1. The maximum absolute atomic E-state index is 12.2. The first-order valence-electron chi connectivity index (χ1n) is 3.92. The van der Waals surface area contributed by atoms with Crippen molar-refractivity contribution in [1.82, 2.24) is 9.55 Å². The van der Waals surface area contributed by atoms with E-state index in [0.717, 1.165) is 5.69 Å². The first-order valence-corrected chi connectivity index (χ1v) is 3.92. The summed E-state index contributed by atoms with van der Waals surface area (Å²) in [4.78, 5) is 14.1. The minimum atomic E-state index is -0.858. The molecule has 0 atom stereocenters. The zero-order valence-corrected chi connectivity index (χ0v) is 7.33. The summed E-state index contributed by atoms with van der Waals surface area (Å²) in [6, 6.07) is 0. The zero-order valence-electron chi connectivity index (χ0n) is 7.33. The molecule has 13 heavy (non-hydrogen) atoms. The highest BCUT2D eigenvalue weighted by Crippen LogP contribution is 2.06. The molecular formula is C8H11FN2O2. The second-order valence-electron chi connectivity index (χ2n) is 2.75. The lowest BCUT2D eigenvalue weighted by atomic mass is 10.2. The highest BCUT2D eigenvalue weighted by atomic mass is 19.1. The number of aliphatic carboxylic acids is 1. The summed E-state index contributed by atoms with van der Waals surface area (Å²) in [6.07, 6.45) is 1.95. The Kier molecular flexibility index (Phi) is 3.00. The van der Waals surface area contributed by atoms with Gasteiger partial charge in [0.15, 0.2) is 0 Å². The van der Waals surface area contributed by atoms with Gasteiger partial charge in [-0.2, -0.15) is 0 Å². The summed E-state index contributed by atoms with van der Waals surface area (Å²) in [5.74, 6) is -0.525. The smallest absolute Gasteiger partial charge is 0.303 e. The van der Waals surface area contributed by atoms with Crippen molar-refractivity contribution in [2.45, 2.75) is 19.5 Å². The SMILES string of the molecule is Cn1c(CCC(=O)O)cnc1CF. The second kappa shape index (κ2) is 4.02. The number of halogens is 1. The topological polar surface area (TPSA) is 55.1 Å². The van der Waals surface area contributed by atoms with Gasteiger partial charge in [-0.15, -0.1) is 0 Å². The number of hydrogen-bond acceptors (Lipinski definition) is 2. The minimum Gasteiger partial charge on any atom is -0.481 e. The van der Waals surface area contributed by atoms with Crippen LogP contribution < -0.4 is 0 Å². The van der Waals surface area contributed by atoms with Crippen LogP contribution in [0.15, 0.2) is 6.20 Å². The number of rotatable bonds is 4. The third-order valence-electron chi connectivity index (χ3n) is 1.90. The molecule has 0 saturated carbocycles. The van der Waals surface area contributed by atoms with Crippen LogP contribution in [0.25, 0.3) is 0 Å². The van der Waals surface area contributed by atoms with E-state index < -0.39 is 12.6 Å². The minimum absolute atomic E-state index is 0.0469. The summed E-state index contributed by atoms with van der Waals surface area (Å²) in [7, 11) is 1.68. The predicted molar refractivity (Wildman–Crippen MR) is 44.0 cm³/mol. The highest BCUT2D eigenvalue weighted by molar-refractivity contribution is 5.66. The van der Waals surface area contributed by atoms with Crippen molar-refractivity contribution in [3.05, 3.63) is 17.7 Å². The first kappa shape index (κ1) is 9.70. The lowest BCUT2D eigenvalue weighted by molar-refractivity contribution is -0.136. The standard InChI is InChI=1S/C8H11FN2O2/c1-11-6(2-3-8(12)13)5-10-7(11)4-9/h5H,2-4H2,1H3,(H,12,13). The van der Waals surface area contributed by atoms with E-state index in [4.69, 9.17) is 5.11 Å². The van der Waals surface area contributed by atoms with Gasteiger partial charge in [0.1, 0.15) is 12.5 Å². The van der Waals surface area contributed by atoms with Crippen molar-refractivity contribution in [3.63, 3.8) is 0 Å². The number of imidazole rings is 1. The fraction of sp³-hybridized carbons (Fsp3) is 0.500. The number of nitrogens with zero attached hydrogens (tertiary/aromatic N) is 2. The Hall–Kier alpha value is -1.39. The summed E-state index contributed by atoms with van der Waals surface area (Å²) >= 11 is 0. The summed E-state index contributed by atoms with van der Waals surface area (Å²) < 4.78 is 13.8. The van der Waals surface area contributed by atoms with Crippen LogP contribution in [0.3, 0.4) is 0 Å². The molecule has 0 aliphatic carbocycles. The molecule has 0 aliphatic rings. The van der Waals surface area contributed by atoms with Crippen molar-refractivity contribution < 1.29 is 14.3 Å². The van der Waals surface area contributed by atoms with E-state index in [9.17, 15) is 9.18 Å². The van der Waals surface area contributed by atoms with Gasteiger partial charge in [-0.25, -0.2) is 9.37 Å². The molecule has 1 N–H and O–H groups in total. The fourth-order valence-electron chi connectivity index (χ4n) is 1.08. The number of hydrogen-bond donors (Lipinski definition) is 1. The molecule has 0 aliphatic heterocycles. The third kappa shape index (κ3) is 2.27. The van der Waals surface area contributed by atoms with Crippen LogP contribution in [-0.2, 0) is 24.9 Å². The summed E-state index contributed by atoms with van der Waals surface area (Å²) in [5.41, 5.74) is 0.745. The van der Waals surface area contributed by atoms with Crippen molar-refractivity contribution in [1.29, 1.82) is 0 Å². The number of alkyl halides is 1. The monoisotopic (exact) mass is 186 g/mol. The van der Waals surface area contributed by atoms with E-state index in [2.05, 4.69) is 4.98 Å². The molecule has 0 amide bonds. The van der Waals surface area contributed by atoms with Crippen molar-refractivity contribution in [3.8, 4) is 0 Å². The Morgan fingerprint density at radius 1 is 1.77 bits per heavy atom. The van der Waals surface area contributed by atoms with Crippen molar-refractivity contribution >= 4 is 5.97 Å². The molecule has 72 valence electrons. The van der Waals surface area contributed by atoms with Gasteiger partial charge >= 0.3 is 5.97 Å². The van der Waals surface area contributed by atoms with Crippen LogP contribution in [0.1, 0.15) is 17.9 Å². The first-order chi connectivity index (χ1) is 6.15. The van der Waals surface area contributed by atoms with Gasteiger partial charge in [0.2, 0.25) is 0 Å². The molecule has 0 unspecified atom stereocenters. The average molecular weight is 186 g/mol. The number of aromatic nitrogens is 2. The Morgan fingerprint density at radius 2 is 2.46 bits per heavy atom. The Labute approximate surface area is 75.0 Å². The van der Waals surface area contributed by atoms with E-state index in [0.29, 0.717) is 12.2 Å². The molecule has 0 bridgehead atoms. The highest BCUT2D eigenvalue weighted by Gasteiger charge is 2.07. The Bertz CT molecular complexity index is 309. The van der Waals surface area contributed by atoms with E-state index in [1.807, 2.05) is 0 Å². The number of carboxylic acid groups (broad SMARTS) is 1. The van der Waals surface area contributed by atoms with Crippen LogP contribution in [-0.4, -0.2) is 20.6 Å². The van der Waals surface area contributed by atoms with Gasteiger partial charge in [0.05, 0.1) is 6.42 Å². The molecule has 0 spiro atoms. The maximum atomic E-state index is 12.2. The number of carboxylic acids is 1. The Morgan fingerprint density at radius 3 is 2.92 bits per heavy atom. The van der Waals surface area contributed by atoms with Crippen molar-refractivity contribution in [2.24, 2.45) is 7.05 Å². The molecule has 1 heterocycles. The van der Waals surface area contributed by atoms with E-state index in [1.165, 1.54) is 6.20 Å². The average Bonchev–Trinajstić information content (AvgIpc) is 2.43. The normalized spacial score (nSPS) is 10.3. The van der Waals surface area contributed by atoms with Gasteiger partial charge in [0, 0.05) is 18.9 Å². The lowest BCUT2D eigenvalue weighted by Crippen LogP contribution is -2.03. The molecule has 0 radical (unpaired) electrons. The molecule has 0 aromatic carbocycles. The van der Waals surface area contributed by atoms with Crippen LogP contribution in [0, 0.1) is 0 Å². The number of aryl methyl sites for hydroxylation is 1. The van der Waals surface area contributed by atoms with Crippen LogP contribution in [0.5, 0.6) is 0 Å². The van der Waals surface area contributed by atoms with Crippen molar-refractivity contribution in [2.75, 3.05) is 0 Å². The summed E-state index contributed by atoms with van der Waals surface area (Å²) in [5, 5.41) is 8.43. The van der Waals surface area contributed by atoms with Crippen LogP contribution in [0.2, 0.25) is 0 Å². The van der Waals surface area contributed by atoms with Gasteiger partial charge in [-0.05, 0) is 6.42 Å². The summed E-state index contributed by atoms with van der Waals surface area (Å²) in [6.45, 7) is -0.621. The molecule has 1 rings (SSSR count). The van der Waals surface area contributed by atoms with Gasteiger partial charge in [-0.3, -0.25) is 4.79 Å². The maximum Gasteiger partial charge on any atom is 0.303 e. The molecule has 4 nitrogen and oxygen atoms in total. The molecule has 1 aromatic heterocycles. The molecule has 0 fully saturated rings. The molecular weight excluding hydrogens is 175 g/mol. The van der Waals surface area contributed by atoms with E-state index in [1.54, 1.807) is 11.6 Å². The quantitative estimate of drug-likeness (QED) is 0.760.